The molecular weight excluding hydrogens is 254 g/mol. The summed E-state index contributed by atoms with van der Waals surface area (Å²) in [5.41, 5.74) is 9.74. The first kappa shape index (κ1) is 11.9. The van der Waals surface area contributed by atoms with Crippen LogP contribution in [0.4, 0.5) is 5.69 Å². The minimum absolute atomic E-state index is 0.791. The number of hydrogen-bond donors (Lipinski definition) is 1. The summed E-state index contributed by atoms with van der Waals surface area (Å²) in [6, 6.07) is 11.9. The summed E-state index contributed by atoms with van der Waals surface area (Å²) < 4.78 is 0. The Morgan fingerprint density at radius 3 is 2.68 bits per heavy atom. The Balaban J connectivity index is 1.80. The van der Waals surface area contributed by atoms with Gasteiger partial charge in [0, 0.05) is 35.4 Å². The van der Waals surface area contributed by atoms with Crippen LogP contribution in [0.5, 0.6) is 0 Å². The van der Waals surface area contributed by atoms with Gasteiger partial charge in [0.05, 0.1) is 10.7 Å². The second-order valence-corrected chi connectivity index (χ2v) is 5.23. The van der Waals surface area contributed by atoms with Crippen molar-refractivity contribution < 1.29 is 0 Å². The van der Waals surface area contributed by atoms with Gasteiger partial charge in [-0.15, -0.1) is 11.3 Å². The highest BCUT2D eigenvalue weighted by Crippen LogP contribution is 2.22. The second kappa shape index (κ2) is 5.20. The van der Waals surface area contributed by atoms with Gasteiger partial charge in [0.2, 0.25) is 0 Å². The Morgan fingerprint density at radius 1 is 1.11 bits per heavy atom. The molecule has 1 aromatic carbocycles. The monoisotopic (exact) mass is 267 g/mol. The van der Waals surface area contributed by atoms with Crippen molar-refractivity contribution >= 4 is 17.0 Å². The zero-order valence-electron chi connectivity index (χ0n) is 10.3. The standard InChI is InChI=1S/C15H13N3S/c16-13-5-3-11(4-6-13)8-15-18-14(10-19-15)12-2-1-7-17-9-12/h1-7,9-10H,8,16H2. The lowest BCUT2D eigenvalue weighted by Crippen LogP contribution is -1.89. The van der Waals surface area contributed by atoms with E-state index in [9.17, 15) is 0 Å². The van der Waals surface area contributed by atoms with Gasteiger partial charge in [0.15, 0.2) is 0 Å². The number of nitrogens with two attached hydrogens (primary N) is 1. The van der Waals surface area contributed by atoms with Crippen molar-refractivity contribution in [3.8, 4) is 11.3 Å². The predicted octanol–water partition coefficient (Wildman–Crippen LogP) is 3.38. The molecule has 0 aliphatic heterocycles. The maximum atomic E-state index is 5.68. The van der Waals surface area contributed by atoms with Crippen LogP contribution in [0.15, 0.2) is 54.2 Å². The van der Waals surface area contributed by atoms with Crippen molar-refractivity contribution in [2.24, 2.45) is 0 Å². The van der Waals surface area contributed by atoms with Crippen LogP contribution in [-0.2, 0) is 6.42 Å². The third kappa shape index (κ3) is 2.80. The molecule has 4 heteroatoms. The summed E-state index contributed by atoms with van der Waals surface area (Å²) in [7, 11) is 0. The summed E-state index contributed by atoms with van der Waals surface area (Å²) >= 11 is 1.67. The lowest BCUT2D eigenvalue weighted by atomic mass is 10.1. The zero-order valence-corrected chi connectivity index (χ0v) is 11.1. The molecule has 0 radical (unpaired) electrons. The lowest BCUT2D eigenvalue weighted by molar-refractivity contribution is 1.14. The van der Waals surface area contributed by atoms with Gasteiger partial charge in [0.25, 0.3) is 0 Å². The Labute approximate surface area is 115 Å². The number of anilines is 1. The number of nitrogens with zero attached hydrogens (tertiary/aromatic N) is 2. The van der Waals surface area contributed by atoms with Gasteiger partial charge in [-0.1, -0.05) is 12.1 Å². The van der Waals surface area contributed by atoms with Crippen molar-refractivity contribution in [2.75, 3.05) is 5.73 Å². The summed E-state index contributed by atoms with van der Waals surface area (Å²) in [5.74, 6) is 0. The average molecular weight is 267 g/mol. The number of benzene rings is 1. The molecule has 2 heterocycles. The highest BCUT2D eigenvalue weighted by Gasteiger charge is 2.05. The SMILES string of the molecule is Nc1ccc(Cc2nc(-c3cccnc3)cs2)cc1. The first-order valence-corrected chi connectivity index (χ1v) is 6.88. The molecule has 0 amide bonds. The van der Waals surface area contributed by atoms with Crippen LogP contribution in [0, 0.1) is 0 Å². The third-order valence-electron chi connectivity index (χ3n) is 2.84. The van der Waals surface area contributed by atoms with Gasteiger partial charge in [-0.05, 0) is 29.8 Å². The molecular formula is C15H13N3S. The van der Waals surface area contributed by atoms with E-state index in [0.717, 1.165) is 28.4 Å². The van der Waals surface area contributed by atoms with Gasteiger partial charge >= 0.3 is 0 Å². The van der Waals surface area contributed by atoms with E-state index < -0.39 is 0 Å². The van der Waals surface area contributed by atoms with Crippen LogP contribution in [0.3, 0.4) is 0 Å². The van der Waals surface area contributed by atoms with Crippen molar-refractivity contribution in [3.05, 3.63) is 64.7 Å². The highest BCUT2D eigenvalue weighted by atomic mass is 32.1. The quantitative estimate of drug-likeness (QED) is 0.740. The lowest BCUT2D eigenvalue weighted by Gasteiger charge is -1.98. The minimum atomic E-state index is 0.791. The molecule has 2 aromatic heterocycles. The van der Waals surface area contributed by atoms with Crippen LogP contribution in [0.25, 0.3) is 11.3 Å². The van der Waals surface area contributed by atoms with Crippen LogP contribution >= 0.6 is 11.3 Å². The van der Waals surface area contributed by atoms with Gasteiger partial charge in [-0.25, -0.2) is 4.98 Å². The van der Waals surface area contributed by atoms with Gasteiger partial charge in [-0.2, -0.15) is 0 Å². The molecule has 0 spiro atoms. The Kier molecular flexibility index (Phi) is 3.25. The topological polar surface area (TPSA) is 51.8 Å². The number of hydrogen-bond acceptors (Lipinski definition) is 4. The molecule has 2 N–H and O–H groups in total. The van der Waals surface area contributed by atoms with Crippen LogP contribution in [-0.4, -0.2) is 9.97 Å². The number of nitrogen functional groups attached to an aromatic ring is 1. The fourth-order valence-corrected chi connectivity index (χ4v) is 2.69. The van der Waals surface area contributed by atoms with E-state index in [1.165, 1.54) is 5.56 Å². The van der Waals surface area contributed by atoms with E-state index in [1.807, 2.05) is 42.6 Å². The molecule has 0 aliphatic rings. The fourth-order valence-electron chi connectivity index (χ4n) is 1.85. The van der Waals surface area contributed by atoms with Gasteiger partial charge < -0.3 is 5.73 Å². The Bertz CT molecular complexity index is 659. The zero-order chi connectivity index (χ0) is 13.1. The van der Waals surface area contributed by atoms with E-state index in [0.29, 0.717) is 0 Å². The number of pyridine rings is 1. The predicted molar refractivity (Wildman–Crippen MR) is 79.0 cm³/mol. The molecule has 0 unspecified atom stereocenters. The van der Waals surface area contributed by atoms with Crippen molar-refractivity contribution in [3.63, 3.8) is 0 Å². The number of aromatic nitrogens is 2. The van der Waals surface area contributed by atoms with Crippen LogP contribution < -0.4 is 5.73 Å². The normalized spacial score (nSPS) is 10.5. The summed E-state index contributed by atoms with van der Waals surface area (Å²) in [4.78, 5) is 8.76. The molecule has 94 valence electrons. The molecule has 3 aromatic rings. The molecule has 0 bridgehead atoms. The molecule has 0 aliphatic carbocycles. The van der Waals surface area contributed by atoms with Crippen molar-refractivity contribution in [1.29, 1.82) is 0 Å². The summed E-state index contributed by atoms with van der Waals surface area (Å²) in [5, 5.41) is 3.17. The number of rotatable bonds is 3. The molecule has 0 fully saturated rings. The van der Waals surface area contributed by atoms with Crippen molar-refractivity contribution in [2.45, 2.75) is 6.42 Å². The van der Waals surface area contributed by atoms with Crippen LogP contribution in [0.1, 0.15) is 10.6 Å². The molecule has 3 nitrogen and oxygen atoms in total. The first-order valence-electron chi connectivity index (χ1n) is 6.00. The van der Waals surface area contributed by atoms with E-state index in [1.54, 1.807) is 17.5 Å². The largest absolute Gasteiger partial charge is 0.399 e. The van der Waals surface area contributed by atoms with Crippen LogP contribution in [0.2, 0.25) is 0 Å². The van der Waals surface area contributed by atoms with Gasteiger partial charge in [0.1, 0.15) is 0 Å². The van der Waals surface area contributed by atoms with E-state index >= 15 is 0 Å². The Hall–Kier alpha value is -2.20. The highest BCUT2D eigenvalue weighted by molar-refractivity contribution is 7.10. The minimum Gasteiger partial charge on any atom is -0.399 e. The van der Waals surface area contributed by atoms with E-state index in [-0.39, 0.29) is 0 Å². The summed E-state index contributed by atoms with van der Waals surface area (Å²) in [6.45, 7) is 0. The average Bonchev–Trinajstić information content (AvgIpc) is 2.91. The van der Waals surface area contributed by atoms with E-state index in [2.05, 4.69) is 15.3 Å². The second-order valence-electron chi connectivity index (χ2n) is 4.29. The molecule has 19 heavy (non-hydrogen) atoms. The smallest absolute Gasteiger partial charge is 0.0976 e. The van der Waals surface area contributed by atoms with Gasteiger partial charge in [-0.3, -0.25) is 4.98 Å². The molecule has 0 saturated heterocycles. The maximum Gasteiger partial charge on any atom is 0.0976 e. The first-order chi connectivity index (χ1) is 9.31. The fraction of sp³-hybridized carbons (Fsp3) is 0.0667. The number of thiazole rings is 1. The van der Waals surface area contributed by atoms with Crippen molar-refractivity contribution in [1.82, 2.24) is 9.97 Å². The summed E-state index contributed by atoms with van der Waals surface area (Å²) in [6.07, 6.45) is 4.44. The third-order valence-corrected chi connectivity index (χ3v) is 3.69. The molecule has 3 rings (SSSR count). The molecule has 0 atom stereocenters. The van der Waals surface area contributed by atoms with E-state index in [4.69, 9.17) is 5.73 Å². The molecule has 0 saturated carbocycles. The maximum absolute atomic E-state index is 5.68. The Morgan fingerprint density at radius 2 is 1.95 bits per heavy atom.